The molecule has 2 heterocycles. The molecule has 26 heavy (non-hydrogen) atoms. The molecular weight excluding hydrogens is 417 g/mol. The van der Waals surface area contributed by atoms with Crippen LogP contribution in [0.15, 0.2) is 41.3 Å². The highest BCUT2D eigenvalue weighted by Gasteiger charge is 2.39. The summed E-state index contributed by atoms with van der Waals surface area (Å²) >= 11 is 18.2. The van der Waals surface area contributed by atoms with Gasteiger partial charge >= 0.3 is 0 Å². The maximum atomic E-state index is 13.3. The molecule has 5 nitrogen and oxygen atoms in total. The lowest BCUT2D eigenvalue weighted by Gasteiger charge is -2.23. The molecule has 0 bridgehead atoms. The van der Waals surface area contributed by atoms with Gasteiger partial charge in [0.05, 0.1) is 27.1 Å². The van der Waals surface area contributed by atoms with Gasteiger partial charge in [-0.1, -0.05) is 46.9 Å². The summed E-state index contributed by atoms with van der Waals surface area (Å²) in [6.07, 6.45) is 1.39. The summed E-state index contributed by atoms with van der Waals surface area (Å²) in [6, 6.07) is 9.96. The van der Waals surface area contributed by atoms with Crippen molar-refractivity contribution in [1.82, 2.24) is 14.3 Å². The summed E-state index contributed by atoms with van der Waals surface area (Å²) in [5.74, 6) is 0.619. The van der Waals surface area contributed by atoms with Crippen molar-refractivity contribution in [2.45, 2.75) is 23.8 Å². The second kappa shape index (κ2) is 6.69. The van der Waals surface area contributed by atoms with Gasteiger partial charge in [0.15, 0.2) is 0 Å². The molecule has 0 radical (unpaired) electrons. The molecular formula is C17H14Cl3N3O2S. The third-order valence-corrected chi connectivity index (χ3v) is 7.51. The number of hydrogen-bond acceptors (Lipinski definition) is 3. The topological polar surface area (TPSA) is 66.1 Å². The van der Waals surface area contributed by atoms with Crippen LogP contribution in [0.5, 0.6) is 0 Å². The van der Waals surface area contributed by atoms with Gasteiger partial charge in [0.25, 0.3) is 0 Å². The number of sulfonamides is 1. The van der Waals surface area contributed by atoms with Crippen LogP contribution >= 0.6 is 34.8 Å². The fourth-order valence-corrected chi connectivity index (χ4v) is 6.48. The Kier molecular flexibility index (Phi) is 4.65. The first kappa shape index (κ1) is 18.1. The number of benzene rings is 2. The highest BCUT2D eigenvalue weighted by atomic mass is 35.5. The molecule has 3 aromatic rings. The Bertz CT molecular complexity index is 1040. The van der Waals surface area contributed by atoms with Crippen LogP contribution in [0.25, 0.3) is 11.0 Å². The zero-order chi connectivity index (χ0) is 18.5. The van der Waals surface area contributed by atoms with E-state index in [4.69, 9.17) is 34.8 Å². The van der Waals surface area contributed by atoms with Gasteiger partial charge in [-0.2, -0.15) is 4.31 Å². The Morgan fingerprint density at radius 2 is 1.81 bits per heavy atom. The minimum Gasteiger partial charge on any atom is -0.341 e. The summed E-state index contributed by atoms with van der Waals surface area (Å²) in [4.78, 5) is 7.67. The highest BCUT2D eigenvalue weighted by molar-refractivity contribution is 7.89. The molecule has 9 heteroatoms. The van der Waals surface area contributed by atoms with Crippen molar-refractivity contribution in [2.75, 3.05) is 6.54 Å². The molecule has 1 saturated heterocycles. The Balaban J connectivity index is 1.78. The molecule has 1 atom stereocenters. The molecule has 136 valence electrons. The smallest absolute Gasteiger partial charge is 0.246 e. The van der Waals surface area contributed by atoms with Gasteiger partial charge in [0.1, 0.15) is 10.7 Å². The van der Waals surface area contributed by atoms with E-state index in [9.17, 15) is 8.42 Å². The van der Waals surface area contributed by atoms with Gasteiger partial charge in [0, 0.05) is 11.6 Å². The third-order valence-electron chi connectivity index (χ3n) is 4.46. The van der Waals surface area contributed by atoms with E-state index < -0.39 is 16.1 Å². The number of nitrogens with one attached hydrogen (secondary N) is 1. The SMILES string of the molecule is O=S(=O)(c1c(Cl)cc(Cl)cc1Cl)N1CCCC1c1nc2ccccc2[nH]1. The van der Waals surface area contributed by atoms with E-state index in [-0.39, 0.29) is 20.0 Å². The molecule has 1 aromatic heterocycles. The average Bonchev–Trinajstić information content (AvgIpc) is 3.20. The second-order valence-corrected chi connectivity index (χ2v) is 9.19. The zero-order valence-electron chi connectivity index (χ0n) is 13.4. The lowest BCUT2D eigenvalue weighted by Crippen LogP contribution is -2.31. The molecule has 2 aromatic carbocycles. The predicted octanol–water partition coefficient (Wildman–Crippen LogP) is 5.05. The zero-order valence-corrected chi connectivity index (χ0v) is 16.5. The summed E-state index contributed by atoms with van der Waals surface area (Å²) < 4.78 is 27.9. The largest absolute Gasteiger partial charge is 0.341 e. The number of nitrogens with zero attached hydrogens (tertiary/aromatic N) is 2. The van der Waals surface area contributed by atoms with Crippen LogP contribution < -0.4 is 0 Å². The number of para-hydroxylation sites is 2. The number of imidazole rings is 1. The number of H-pyrrole nitrogens is 1. The summed E-state index contributed by atoms with van der Waals surface area (Å²) in [7, 11) is -3.90. The van der Waals surface area contributed by atoms with Crippen molar-refractivity contribution >= 4 is 55.9 Å². The van der Waals surface area contributed by atoms with Crippen molar-refractivity contribution in [3.8, 4) is 0 Å². The van der Waals surface area contributed by atoms with Gasteiger partial charge in [-0.15, -0.1) is 0 Å². The minimum atomic E-state index is -3.90. The summed E-state index contributed by atoms with van der Waals surface area (Å²) in [5, 5.41) is 0.310. The van der Waals surface area contributed by atoms with Gasteiger partial charge in [-0.05, 0) is 37.1 Å². The first-order valence-electron chi connectivity index (χ1n) is 7.99. The Morgan fingerprint density at radius 3 is 2.50 bits per heavy atom. The number of fused-ring (bicyclic) bond motifs is 1. The van der Waals surface area contributed by atoms with Gasteiger partial charge in [-0.25, -0.2) is 13.4 Å². The van der Waals surface area contributed by atoms with Crippen LogP contribution in [0.2, 0.25) is 15.1 Å². The first-order valence-corrected chi connectivity index (χ1v) is 10.6. The average molecular weight is 431 g/mol. The number of hydrogen-bond donors (Lipinski definition) is 1. The minimum absolute atomic E-state index is 0.0118. The number of halogens is 3. The van der Waals surface area contributed by atoms with Crippen molar-refractivity contribution in [3.05, 3.63) is 57.3 Å². The van der Waals surface area contributed by atoms with Crippen LogP contribution in [0.4, 0.5) is 0 Å². The number of aromatic nitrogens is 2. The molecule has 0 spiro atoms. The van der Waals surface area contributed by atoms with Crippen LogP contribution in [-0.4, -0.2) is 29.2 Å². The van der Waals surface area contributed by atoms with E-state index in [0.29, 0.717) is 18.8 Å². The number of rotatable bonds is 3. The Hall–Kier alpha value is -1.31. The molecule has 1 aliphatic heterocycles. The van der Waals surface area contributed by atoms with Crippen LogP contribution in [0.1, 0.15) is 24.7 Å². The van der Waals surface area contributed by atoms with E-state index in [0.717, 1.165) is 17.5 Å². The first-order chi connectivity index (χ1) is 12.4. The molecule has 1 aliphatic rings. The molecule has 4 rings (SSSR count). The Morgan fingerprint density at radius 1 is 1.12 bits per heavy atom. The third kappa shape index (κ3) is 3.00. The highest BCUT2D eigenvalue weighted by Crippen LogP contribution is 2.41. The standard InChI is InChI=1S/C17H14Cl3N3O2S/c18-10-8-11(19)16(12(20)9-10)26(24,25)23-7-3-6-15(23)17-21-13-4-1-2-5-14(13)22-17/h1-2,4-5,8-9,15H,3,6-7H2,(H,21,22). The van der Waals surface area contributed by atoms with Gasteiger partial charge in [0.2, 0.25) is 10.0 Å². The molecule has 1 fully saturated rings. The van der Waals surface area contributed by atoms with E-state index in [2.05, 4.69) is 9.97 Å². The number of aromatic amines is 1. The van der Waals surface area contributed by atoms with E-state index in [1.54, 1.807) is 0 Å². The van der Waals surface area contributed by atoms with Crippen LogP contribution in [0, 0.1) is 0 Å². The quantitative estimate of drug-likeness (QED) is 0.632. The summed E-state index contributed by atoms with van der Waals surface area (Å²) in [5.41, 5.74) is 1.67. The van der Waals surface area contributed by atoms with Crippen molar-refractivity contribution in [1.29, 1.82) is 0 Å². The van der Waals surface area contributed by atoms with E-state index in [1.165, 1.54) is 16.4 Å². The molecule has 0 aliphatic carbocycles. The lowest BCUT2D eigenvalue weighted by molar-refractivity contribution is 0.386. The van der Waals surface area contributed by atoms with Gasteiger partial charge in [-0.3, -0.25) is 0 Å². The summed E-state index contributed by atoms with van der Waals surface area (Å²) in [6.45, 7) is 0.374. The van der Waals surface area contributed by atoms with Crippen molar-refractivity contribution in [3.63, 3.8) is 0 Å². The maximum Gasteiger partial charge on any atom is 0.246 e. The second-order valence-electron chi connectivity index (χ2n) is 6.11. The fourth-order valence-electron chi connectivity index (χ4n) is 3.32. The lowest BCUT2D eigenvalue weighted by atomic mass is 10.2. The van der Waals surface area contributed by atoms with Crippen LogP contribution in [0.3, 0.4) is 0 Å². The van der Waals surface area contributed by atoms with Crippen molar-refractivity contribution in [2.24, 2.45) is 0 Å². The monoisotopic (exact) mass is 429 g/mol. The normalized spacial score (nSPS) is 18.7. The molecule has 1 N–H and O–H groups in total. The van der Waals surface area contributed by atoms with Crippen molar-refractivity contribution < 1.29 is 8.42 Å². The Labute approximate surface area is 165 Å². The predicted molar refractivity (Wildman–Crippen MR) is 103 cm³/mol. The van der Waals surface area contributed by atoms with Gasteiger partial charge < -0.3 is 4.98 Å². The van der Waals surface area contributed by atoms with Crippen LogP contribution in [-0.2, 0) is 10.0 Å². The molecule has 1 unspecified atom stereocenters. The van der Waals surface area contributed by atoms with E-state index in [1.807, 2.05) is 24.3 Å². The maximum absolute atomic E-state index is 13.3. The molecule has 0 amide bonds. The van der Waals surface area contributed by atoms with E-state index >= 15 is 0 Å². The molecule has 0 saturated carbocycles. The fraction of sp³-hybridized carbons (Fsp3) is 0.235.